The van der Waals surface area contributed by atoms with E-state index in [2.05, 4.69) is 46.4 Å². The van der Waals surface area contributed by atoms with Crippen molar-refractivity contribution < 1.29 is 0 Å². The van der Waals surface area contributed by atoms with E-state index in [-0.39, 0.29) is 0 Å². The summed E-state index contributed by atoms with van der Waals surface area (Å²) < 4.78 is 0. The highest BCUT2D eigenvalue weighted by Gasteiger charge is 2.10. The molecule has 0 spiro atoms. The van der Waals surface area contributed by atoms with Gasteiger partial charge in [0.25, 0.3) is 0 Å². The third kappa shape index (κ3) is 5.34. The van der Waals surface area contributed by atoms with E-state index in [9.17, 15) is 0 Å². The fraction of sp³-hybridized carbons (Fsp3) is 0.611. The van der Waals surface area contributed by atoms with E-state index in [4.69, 9.17) is 0 Å². The summed E-state index contributed by atoms with van der Waals surface area (Å²) in [5.74, 6) is 0.944. The van der Waals surface area contributed by atoms with E-state index in [0.29, 0.717) is 0 Å². The molecule has 0 saturated carbocycles. The van der Waals surface area contributed by atoms with Crippen molar-refractivity contribution in [2.45, 2.75) is 39.3 Å². The quantitative estimate of drug-likeness (QED) is 0.670. The second-order valence-electron chi connectivity index (χ2n) is 6.22. The molecule has 1 saturated heterocycles. The lowest BCUT2D eigenvalue weighted by molar-refractivity contribution is 0.221. The zero-order valence-electron chi connectivity index (χ0n) is 14.3. The van der Waals surface area contributed by atoms with E-state index in [0.717, 1.165) is 25.6 Å². The predicted molar refractivity (Wildman–Crippen MR) is 94.1 cm³/mol. The molecule has 1 aromatic rings. The minimum atomic E-state index is 0.727. The highest BCUT2D eigenvalue weighted by Crippen LogP contribution is 2.14. The topological polar surface area (TPSA) is 30.9 Å². The number of guanidine groups is 1. The lowest BCUT2D eigenvalue weighted by Gasteiger charge is -2.26. The van der Waals surface area contributed by atoms with E-state index in [1.54, 1.807) is 0 Å². The maximum absolute atomic E-state index is 4.65. The Labute approximate surface area is 135 Å². The van der Waals surface area contributed by atoms with Crippen LogP contribution in [0.25, 0.3) is 0 Å². The predicted octanol–water partition coefficient (Wildman–Crippen LogP) is 2.70. The van der Waals surface area contributed by atoms with Gasteiger partial charge in [0, 0.05) is 27.2 Å². The van der Waals surface area contributed by atoms with Crippen LogP contribution in [0, 0.1) is 0 Å². The summed E-state index contributed by atoms with van der Waals surface area (Å²) in [5.41, 5.74) is 2.67. The molecule has 4 nitrogen and oxygen atoms in total. The molecule has 2 rings (SSSR count). The molecule has 1 aromatic carbocycles. The van der Waals surface area contributed by atoms with Gasteiger partial charge in [0.1, 0.15) is 0 Å². The lowest BCUT2D eigenvalue weighted by atomic mass is 10.1. The summed E-state index contributed by atoms with van der Waals surface area (Å²) in [7, 11) is 4.03. The fourth-order valence-corrected chi connectivity index (χ4v) is 2.81. The fourth-order valence-electron chi connectivity index (χ4n) is 2.81. The molecule has 0 aromatic heterocycles. The van der Waals surface area contributed by atoms with Gasteiger partial charge in [-0.05, 0) is 44.0 Å². The summed E-state index contributed by atoms with van der Waals surface area (Å²) in [4.78, 5) is 9.23. The molecule has 0 radical (unpaired) electrons. The van der Waals surface area contributed by atoms with Crippen LogP contribution < -0.4 is 5.32 Å². The summed E-state index contributed by atoms with van der Waals surface area (Å²) in [6, 6.07) is 8.92. The molecular formula is C18H30N4. The average Bonchev–Trinajstić information content (AvgIpc) is 2.53. The maximum Gasteiger partial charge on any atom is 0.193 e. The first kappa shape index (κ1) is 16.8. The average molecular weight is 302 g/mol. The van der Waals surface area contributed by atoms with E-state index < -0.39 is 0 Å². The Balaban J connectivity index is 1.89. The van der Waals surface area contributed by atoms with Crippen LogP contribution in [0.3, 0.4) is 0 Å². The monoisotopic (exact) mass is 302 g/mol. The summed E-state index contributed by atoms with van der Waals surface area (Å²) >= 11 is 0. The number of hydrogen-bond acceptors (Lipinski definition) is 2. The Hall–Kier alpha value is -1.55. The summed E-state index contributed by atoms with van der Waals surface area (Å²) in [6.07, 6.45) is 4.10. The van der Waals surface area contributed by atoms with Gasteiger partial charge in [-0.25, -0.2) is 4.99 Å². The molecule has 1 aliphatic rings. The van der Waals surface area contributed by atoms with Gasteiger partial charge in [0.2, 0.25) is 0 Å². The molecule has 0 aliphatic carbocycles. The molecule has 0 amide bonds. The van der Waals surface area contributed by atoms with Gasteiger partial charge in [-0.3, -0.25) is 4.90 Å². The van der Waals surface area contributed by atoms with Gasteiger partial charge in [-0.1, -0.05) is 30.7 Å². The van der Waals surface area contributed by atoms with Crippen LogP contribution in [-0.2, 0) is 13.1 Å². The number of piperidine rings is 1. The van der Waals surface area contributed by atoms with Gasteiger partial charge < -0.3 is 10.2 Å². The van der Waals surface area contributed by atoms with E-state index in [1.807, 2.05) is 19.0 Å². The zero-order valence-corrected chi connectivity index (χ0v) is 14.3. The lowest BCUT2D eigenvalue weighted by Crippen LogP contribution is -2.36. The highest BCUT2D eigenvalue weighted by molar-refractivity contribution is 5.79. The molecule has 122 valence electrons. The van der Waals surface area contributed by atoms with Crippen LogP contribution in [-0.4, -0.2) is 49.5 Å². The highest BCUT2D eigenvalue weighted by atomic mass is 15.3. The first-order valence-corrected chi connectivity index (χ1v) is 8.45. The second kappa shape index (κ2) is 8.79. The van der Waals surface area contributed by atoms with Crippen LogP contribution >= 0.6 is 0 Å². The standard InChI is InChI=1S/C18H30N4/c1-4-19-18(21(2)3)20-14-16-8-10-17(11-9-16)15-22-12-6-5-7-13-22/h8-11H,4-7,12-15H2,1-3H3,(H,19,20). The minimum absolute atomic E-state index is 0.727. The van der Waals surface area contributed by atoms with Gasteiger partial charge in [0.15, 0.2) is 5.96 Å². The van der Waals surface area contributed by atoms with Crippen molar-refractivity contribution in [3.63, 3.8) is 0 Å². The summed E-state index contributed by atoms with van der Waals surface area (Å²) in [6.45, 7) is 7.30. The largest absolute Gasteiger partial charge is 0.357 e. The SMILES string of the molecule is CCNC(=NCc1ccc(CN2CCCCC2)cc1)N(C)C. The number of likely N-dealkylation sites (tertiary alicyclic amines) is 1. The van der Waals surface area contributed by atoms with Crippen molar-refractivity contribution in [1.82, 2.24) is 15.1 Å². The van der Waals surface area contributed by atoms with Gasteiger partial charge in [-0.2, -0.15) is 0 Å². The van der Waals surface area contributed by atoms with E-state index >= 15 is 0 Å². The second-order valence-corrected chi connectivity index (χ2v) is 6.22. The van der Waals surface area contributed by atoms with Crippen molar-refractivity contribution >= 4 is 5.96 Å². The van der Waals surface area contributed by atoms with Gasteiger partial charge in [0.05, 0.1) is 6.54 Å². The number of nitrogens with zero attached hydrogens (tertiary/aromatic N) is 3. The van der Waals surface area contributed by atoms with Crippen LogP contribution in [0.2, 0.25) is 0 Å². The molecule has 0 bridgehead atoms. The normalized spacial score (nSPS) is 16.6. The number of hydrogen-bond donors (Lipinski definition) is 1. The number of aliphatic imine (C=N–C) groups is 1. The van der Waals surface area contributed by atoms with Crippen molar-refractivity contribution in [1.29, 1.82) is 0 Å². The number of benzene rings is 1. The molecule has 0 unspecified atom stereocenters. The summed E-state index contributed by atoms with van der Waals surface area (Å²) in [5, 5.41) is 3.29. The van der Waals surface area contributed by atoms with Crippen molar-refractivity contribution in [3.8, 4) is 0 Å². The molecule has 1 aliphatic heterocycles. The van der Waals surface area contributed by atoms with Gasteiger partial charge >= 0.3 is 0 Å². The third-order valence-corrected chi connectivity index (χ3v) is 4.05. The minimum Gasteiger partial charge on any atom is -0.357 e. The Bertz CT molecular complexity index is 458. The first-order valence-electron chi connectivity index (χ1n) is 8.45. The molecule has 1 heterocycles. The molecule has 1 fully saturated rings. The van der Waals surface area contributed by atoms with Gasteiger partial charge in [-0.15, -0.1) is 0 Å². The van der Waals surface area contributed by atoms with Crippen molar-refractivity contribution in [2.24, 2.45) is 4.99 Å². The molecule has 22 heavy (non-hydrogen) atoms. The third-order valence-electron chi connectivity index (χ3n) is 4.05. The molecule has 4 heteroatoms. The Morgan fingerprint density at radius 1 is 1.09 bits per heavy atom. The zero-order chi connectivity index (χ0) is 15.8. The first-order chi connectivity index (χ1) is 10.7. The molecular weight excluding hydrogens is 272 g/mol. The smallest absolute Gasteiger partial charge is 0.193 e. The Kier molecular flexibility index (Phi) is 6.72. The van der Waals surface area contributed by atoms with Crippen molar-refractivity contribution in [2.75, 3.05) is 33.7 Å². The number of nitrogens with one attached hydrogen (secondary N) is 1. The Morgan fingerprint density at radius 3 is 2.32 bits per heavy atom. The number of rotatable bonds is 5. The maximum atomic E-state index is 4.65. The van der Waals surface area contributed by atoms with Crippen molar-refractivity contribution in [3.05, 3.63) is 35.4 Å². The van der Waals surface area contributed by atoms with Crippen LogP contribution in [0.4, 0.5) is 0 Å². The van der Waals surface area contributed by atoms with Crippen LogP contribution in [0.5, 0.6) is 0 Å². The van der Waals surface area contributed by atoms with E-state index in [1.165, 1.54) is 43.5 Å². The van der Waals surface area contributed by atoms with Crippen LogP contribution in [0.1, 0.15) is 37.3 Å². The molecule has 0 atom stereocenters. The molecule has 1 N–H and O–H groups in total. The van der Waals surface area contributed by atoms with Crippen LogP contribution in [0.15, 0.2) is 29.3 Å². The Morgan fingerprint density at radius 2 is 1.73 bits per heavy atom.